The lowest BCUT2D eigenvalue weighted by molar-refractivity contribution is -0.119. The standard InChI is InChI=1S/C22H21N3O/c1-15(26)24-20(12-11-16-7-3-2-4-8-16)22-21-18(13-14-23-22)17-9-5-6-10-19(17)25-21/h2-10,13-14,20,25H,11-12H2,1H3,(H,24,26)/t20-/m1/s1. The highest BCUT2D eigenvalue weighted by atomic mass is 16.1. The molecule has 0 aliphatic rings. The first-order valence-corrected chi connectivity index (χ1v) is 8.89. The second-order valence-electron chi connectivity index (χ2n) is 6.57. The van der Waals surface area contributed by atoms with E-state index in [2.05, 4.69) is 39.6 Å². The van der Waals surface area contributed by atoms with Crippen molar-refractivity contribution in [2.45, 2.75) is 25.8 Å². The molecule has 4 rings (SSSR count). The first kappa shape index (κ1) is 16.3. The number of fused-ring (bicyclic) bond motifs is 3. The number of benzene rings is 2. The zero-order chi connectivity index (χ0) is 17.9. The molecule has 2 aromatic heterocycles. The summed E-state index contributed by atoms with van der Waals surface area (Å²) in [5.74, 6) is -0.0435. The third kappa shape index (κ3) is 3.18. The summed E-state index contributed by atoms with van der Waals surface area (Å²) in [6.07, 6.45) is 3.50. The van der Waals surface area contributed by atoms with Gasteiger partial charge in [-0.15, -0.1) is 0 Å². The molecule has 0 saturated carbocycles. The van der Waals surface area contributed by atoms with Crippen LogP contribution in [0.3, 0.4) is 0 Å². The Morgan fingerprint density at radius 1 is 1.04 bits per heavy atom. The molecule has 0 radical (unpaired) electrons. The maximum atomic E-state index is 11.8. The Labute approximate surface area is 152 Å². The number of aromatic nitrogens is 2. The van der Waals surface area contributed by atoms with Gasteiger partial charge in [-0.2, -0.15) is 0 Å². The third-order valence-corrected chi connectivity index (χ3v) is 4.73. The molecule has 2 heterocycles. The zero-order valence-electron chi connectivity index (χ0n) is 14.7. The van der Waals surface area contributed by atoms with Crippen molar-refractivity contribution in [1.29, 1.82) is 0 Å². The summed E-state index contributed by atoms with van der Waals surface area (Å²) >= 11 is 0. The minimum absolute atomic E-state index is 0.0435. The molecule has 1 amide bonds. The van der Waals surface area contributed by atoms with Crippen molar-refractivity contribution in [2.24, 2.45) is 0 Å². The predicted octanol–water partition coefficient (Wildman–Crippen LogP) is 4.53. The lowest BCUT2D eigenvalue weighted by Crippen LogP contribution is -2.27. The molecule has 0 fully saturated rings. The van der Waals surface area contributed by atoms with E-state index in [0.29, 0.717) is 0 Å². The summed E-state index contributed by atoms with van der Waals surface area (Å²) in [6, 6.07) is 20.4. The van der Waals surface area contributed by atoms with Gasteiger partial charge in [0.05, 0.1) is 17.3 Å². The summed E-state index contributed by atoms with van der Waals surface area (Å²) in [6.45, 7) is 1.56. The molecule has 1 atom stereocenters. The lowest BCUT2D eigenvalue weighted by atomic mass is 10.0. The van der Waals surface area contributed by atoms with Crippen LogP contribution in [0.4, 0.5) is 0 Å². The van der Waals surface area contributed by atoms with E-state index in [-0.39, 0.29) is 11.9 Å². The van der Waals surface area contributed by atoms with Crippen LogP contribution in [0.1, 0.15) is 30.6 Å². The molecule has 130 valence electrons. The molecule has 0 unspecified atom stereocenters. The maximum Gasteiger partial charge on any atom is 0.217 e. The SMILES string of the molecule is CC(=O)N[C@H](CCc1ccccc1)c1nccc2c1[nH]c1ccccc12. The largest absolute Gasteiger partial charge is 0.353 e. The molecule has 26 heavy (non-hydrogen) atoms. The van der Waals surface area contributed by atoms with Crippen LogP contribution in [0, 0.1) is 0 Å². The van der Waals surface area contributed by atoms with Crippen LogP contribution in [0.15, 0.2) is 66.9 Å². The Bertz CT molecular complexity index is 1050. The van der Waals surface area contributed by atoms with E-state index in [9.17, 15) is 4.79 Å². The van der Waals surface area contributed by atoms with Crippen molar-refractivity contribution in [2.75, 3.05) is 0 Å². The first-order chi connectivity index (χ1) is 12.7. The maximum absolute atomic E-state index is 11.8. The number of hydrogen-bond acceptors (Lipinski definition) is 2. The fourth-order valence-electron chi connectivity index (χ4n) is 3.54. The fraction of sp³-hybridized carbons (Fsp3) is 0.182. The molecule has 0 bridgehead atoms. The van der Waals surface area contributed by atoms with Gasteiger partial charge in [-0.05, 0) is 30.5 Å². The van der Waals surface area contributed by atoms with E-state index in [1.165, 1.54) is 10.9 Å². The number of para-hydroxylation sites is 1. The quantitative estimate of drug-likeness (QED) is 0.559. The van der Waals surface area contributed by atoms with Gasteiger partial charge in [0.2, 0.25) is 5.91 Å². The molecule has 2 aromatic carbocycles. The molecular weight excluding hydrogens is 322 g/mol. The van der Waals surface area contributed by atoms with Crippen LogP contribution in [0.2, 0.25) is 0 Å². The molecule has 0 spiro atoms. The molecule has 4 aromatic rings. The van der Waals surface area contributed by atoms with Crippen molar-refractivity contribution in [3.8, 4) is 0 Å². The number of H-pyrrole nitrogens is 1. The summed E-state index contributed by atoms with van der Waals surface area (Å²) in [7, 11) is 0. The number of aryl methyl sites for hydroxylation is 1. The highest BCUT2D eigenvalue weighted by molar-refractivity contribution is 6.07. The molecule has 0 saturated heterocycles. The topological polar surface area (TPSA) is 57.8 Å². The molecule has 4 nitrogen and oxygen atoms in total. The number of carbonyl (C=O) groups is 1. The van der Waals surface area contributed by atoms with Crippen molar-refractivity contribution in [3.05, 3.63) is 78.1 Å². The number of nitrogens with zero attached hydrogens (tertiary/aromatic N) is 1. The monoisotopic (exact) mass is 343 g/mol. The van der Waals surface area contributed by atoms with Crippen molar-refractivity contribution >= 4 is 27.7 Å². The number of nitrogens with one attached hydrogen (secondary N) is 2. The van der Waals surface area contributed by atoms with E-state index < -0.39 is 0 Å². The molecule has 2 N–H and O–H groups in total. The smallest absolute Gasteiger partial charge is 0.217 e. The van der Waals surface area contributed by atoms with Gasteiger partial charge >= 0.3 is 0 Å². The Morgan fingerprint density at radius 3 is 2.62 bits per heavy atom. The van der Waals surface area contributed by atoms with E-state index in [1.54, 1.807) is 6.92 Å². The number of rotatable bonds is 5. The average molecular weight is 343 g/mol. The van der Waals surface area contributed by atoms with Gasteiger partial charge in [-0.25, -0.2) is 0 Å². The molecule has 0 aliphatic carbocycles. The highest BCUT2D eigenvalue weighted by Gasteiger charge is 2.19. The van der Waals surface area contributed by atoms with Crippen molar-refractivity contribution < 1.29 is 4.79 Å². The summed E-state index contributed by atoms with van der Waals surface area (Å²) in [5, 5.41) is 5.40. The van der Waals surface area contributed by atoms with E-state index >= 15 is 0 Å². The normalized spacial score (nSPS) is 12.3. The van der Waals surface area contributed by atoms with Gasteiger partial charge in [0, 0.05) is 29.4 Å². The second-order valence-corrected chi connectivity index (χ2v) is 6.57. The number of aromatic amines is 1. The highest BCUT2D eigenvalue weighted by Crippen LogP contribution is 2.30. The number of amides is 1. The Balaban J connectivity index is 1.74. The van der Waals surface area contributed by atoms with Crippen LogP contribution in [-0.4, -0.2) is 15.9 Å². The molecular formula is C22H21N3O. The van der Waals surface area contributed by atoms with Gasteiger partial charge in [0.25, 0.3) is 0 Å². The fourth-order valence-corrected chi connectivity index (χ4v) is 3.54. The minimum Gasteiger partial charge on any atom is -0.353 e. The van der Waals surface area contributed by atoms with Gasteiger partial charge in [-0.1, -0.05) is 48.5 Å². The Kier molecular flexibility index (Phi) is 4.40. The summed E-state index contributed by atoms with van der Waals surface area (Å²) in [4.78, 5) is 19.9. The van der Waals surface area contributed by atoms with Crippen LogP contribution in [0.25, 0.3) is 21.8 Å². The molecule has 0 aliphatic heterocycles. The summed E-state index contributed by atoms with van der Waals surface area (Å²) in [5.41, 5.74) is 4.23. The van der Waals surface area contributed by atoms with Gasteiger partial charge in [0.1, 0.15) is 0 Å². The van der Waals surface area contributed by atoms with Crippen molar-refractivity contribution in [3.63, 3.8) is 0 Å². The lowest BCUT2D eigenvalue weighted by Gasteiger charge is -2.18. The van der Waals surface area contributed by atoms with E-state index in [1.807, 2.05) is 42.6 Å². The van der Waals surface area contributed by atoms with E-state index in [4.69, 9.17) is 0 Å². The summed E-state index contributed by atoms with van der Waals surface area (Å²) < 4.78 is 0. The van der Waals surface area contributed by atoms with Gasteiger partial charge in [-0.3, -0.25) is 9.78 Å². The van der Waals surface area contributed by atoms with Gasteiger partial charge in [0.15, 0.2) is 0 Å². The number of pyridine rings is 1. The first-order valence-electron chi connectivity index (χ1n) is 8.89. The van der Waals surface area contributed by atoms with Crippen molar-refractivity contribution in [1.82, 2.24) is 15.3 Å². The molecule has 4 heteroatoms. The Morgan fingerprint density at radius 2 is 1.81 bits per heavy atom. The van der Waals surface area contributed by atoms with Crippen LogP contribution < -0.4 is 5.32 Å². The minimum atomic E-state index is -0.135. The van der Waals surface area contributed by atoms with Crippen LogP contribution >= 0.6 is 0 Å². The number of carbonyl (C=O) groups excluding carboxylic acids is 1. The zero-order valence-corrected chi connectivity index (χ0v) is 14.7. The van der Waals surface area contributed by atoms with Crippen LogP contribution in [0.5, 0.6) is 0 Å². The van der Waals surface area contributed by atoms with E-state index in [0.717, 1.165) is 35.0 Å². The predicted molar refractivity (Wildman–Crippen MR) is 105 cm³/mol. The third-order valence-electron chi connectivity index (χ3n) is 4.73. The second kappa shape index (κ2) is 7.00. The average Bonchev–Trinajstić information content (AvgIpc) is 3.04. The van der Waals surface area contributed by atoms with Crippen LogP contribution in [-0.2, 0) is 11.2 Å². The Hall–Kier alpha value is -3.14. The van der Waals surface area contributed by atoms with Gasteiger partial charge < -0.3 is 10.3 Å². The number of hydrogen-bond donors (Lipinski definition) is 2.